The third-order valence-corrected chi connectivity index (χ3v) is 5.73. The van der Waals surface area contributed by atoms with E-state index in [0.717, 1.165) is 44.0 Å². The minimum atomic E-state index is 0.148. The molecule has 1 amide bonds. The topological polar surface area (TPSA) is 63.3 Å². The number of rotatable bonds is 9. The Kier molecular flexibility index (Phi) is 7.02. The summed E-state index contributed by atoms with van der Waals surface area (Å²) in [4.78, 5) is 16.8. The van der Waals surface area contributed by atoms with Gasteiger partial charge in [-0.2, -0.15) is 0 Å². The van der Waals surface area contributed by atoms with Crippen LogP contribution in [-0.4, -0.2) is 75.8 Å². The fourth-order valence-corrected chi connectivity index (χ4v) is 3.85. The first-order chi connectivity index (χ1) is 13.5. The molecule has 7 heteroatoms. The number of amides is 1. The van der Waals surface area contributed by atoms with Gasteiger partial charge in [0.05, 0.1) is 27.9 Å². The molecule has 2 fully saturated rings. The molecule has 0 unspecified atom stereocenters. The summed E-state index contributed by atoms with van der Waals surface area (Å²) in [5.41, 5.74) is 1.07. The number of hydrogen-bond donors (Lipinski definition) is 1. The smallest absolute Gasteiger partial charge is 0.234 e. The summed E-state index contributed by atoms with van der Waals surface area (Å²) in [6, 6.07) is 4.25. The number of nitrogens with zero attached hydrogens (tertiary/aromatic N) is 2. The van der Waals surface area contributed by atoms with Gasteiger partial charge in [-0.1, -0.05) is 6.07 Å². The third kappa shape index (κ3) is 5.08. The van der Waals surface area contributed by atoms with Gasteiger partial charge >= 0.3 is 0 Å². The van der Waals surface area contributed by atoms with Crippen molar-refractivity contribution in [2.24, 2.45) is 5.92 Å². The molecule has 1 aromatic carbocycles. The standard InChI is InChI=1S/C21H33N3O4/c1-15(16-5-6-16)22-19(25)14-24-11-9-23(10-12-24)13-17-7-8-18(26-2)21(28-4)20(17)27-3/h7-8,15-16H,5-6,9-14H2,1-4H3,(H,22,25)/t15-/m0/s1. The number of methoxy groups -OCH3 is 3. The van der Waals surface area contributed by atoms with Crippen molar-refractivity contribution in [1.82, 2.24) is 15.1 Å². The van der Waals surface area contributed by atoms with Crippen molar-refractivity contribution >= 4 is 5.91 Å². The van der Waals surface area contributed by atoms with Gasteiger partial charge in [0.15, 0.2) is 11.5 Å². The Bertz CT molecular complexity index is 670. The van der Waals surface area contributed by atoms with Crippen LogP contribution < -0.4 is 19.5 Å². The molecular weight excluding hydrogens is 358 g/mol. The Morgan fingerprint density at radius 2 is 1.68 bits per heavy atom. The van der Waals surface area contributed by atoms with E-state index in [1.807, 2.05) is 12.1 Å². The number of carbonyl (C=O) groups is 1. The van der Waals surface area contributed by atoms with Crippen molar-refractivity contribution in [3.05, 3.63) is 17.7 Å². The van der Waals surface area contributed by atoms with E-state index in [0.29, 0.717) is 30.0 Å². The fraction of sp³-hybridized carbons (Fsp3) is 0.667. The van der Waals surface area contributed by atoms with Crippen molar-refractivity contribution in [3.63, 3.8) is 0 Å². The van der Waals surface area contributed by atoms with Crippen LogP contribution in [0.2, 0.25) is 0 Å². The number of hydrogen-bond acceptors (Lipinski definition) is 6. The summed E-state index contributed by atoms with van der Waals surface area (Å²) in [5, 5.41) is 3.14. The van der Waals surface area contributed by atoms with Crippen molar-refractivity contribution in [2.75, 3.05) is 54.1 Å². The normalized spacial score (nSPS) is 19.1. The Morgan fingerprint density at radius 3 is 2.25 bits per heavy atom. The molecule has 0 aromatic heterocycles. The summed E-state index contributed by atoms with van der Waals surface area (Å²) < 4.78 is 16.4. The van der Waals surface area contributed by atoms with Crippen molar-refractivity contribution in [3.8, 4) is 17.2 Å². The lowest BCUT2D eigenvalue weighted by Gasteiger charge is -2.34. The zero-order chi connectivity index (χ0) is 20.1. The van der Waals surface area contributed by atoms with Crippen LogP contribution in [0.4, 0.5) is 0 Å². The van der Waals surface area contributed by atoms with Crippen LogP contribution in [0.1, 0.15) is 25.3 Å². The van der Waals surface area contributed by atoms with Gasteiger partial charge in [0.1, 0.15) is 0 Å². The van der Waals surface area contributed by atoms with Crippen LogP contribution in [0.5, 0.6) is 17.2 Å². The Labute approximate surface area is 167 Å². The van der Waals surface area contributed by atoms with Gasteiger partial charge in [0.2, 0.25) is 11.7 Å². The molecule has 3 rings (SSSR count). The highest BCUT2D eigenvalue weighted by atomic mass is 16.5. The highest BCUT2D eigenvalue weighted by Crippen LogP contribution is 2.40. The second-order valence-electron chi connectivity index (χ2n) is 7.74. The maximum absolute atomic E-state index is 12.2. The first-order valence-electron chi connectivity index (χ1n) is 10.1. The average Bonchev–Trinajstić information content (AvgIpc) is 3.54. The van der Waals surface area contributed by atoms with Crippen molar-refractivity contribution in [1.29, 1.82) is 0 Å². The minimum Gasteiger partial charge on any atom is -0.493 e. The van der Waals surface area contributed by atoms with Gasteiger partial charge < -0.3 is 19.5 Å². The minimum absolute atomic E-state index is 0.148. The van der Waals surface area contributed by atoms with Crippen molar-refractivity contribution in [2.45, 2.75) is 32.4 Å². The van der Waals surface area contributed by atoms with Crippen LogP contribution in [0.3, 0.4) is 0 Å². The number of piperazine rings is 1. The second kappa shape index (κ2) is 9.47. The molecule has 2 aliphatic rings. The molecule has 28 heavy (non-hydrogen) atoms. The maximum atomic E-state index is 12.2. The largest absolute Gasteiger partial charge is 0.493 e. The first-order valence-corrected chi connectivity index (χ1v) is 10.1. The van der Waals surface area contributed by atoms with Gasteiger partial charge in [-0.25, -0.2) is 0 Å². The van der Waals surface area contributed by atoms with E-state index in [1.54, 1.807) is 21.3 Å². The van der Waals surface area contributed by atoms with Crippen LogP contribution in [-0.2, 0) is 11.3 Å². The van der Waals surface area contributed by atoms with Gasteiger partial charge in [0.25, 0.3) is 0 Å². The van der Waals surface area contributed by atoms with E-state index >= 15 is 0 Å². The van der Waals surface area contributed by atoms with E-state index in [4.69, 9.17) is 14.2 Å². The number of benzene rings is 1. The highest BCUT2D eigenvalue weighted by molar-refractivity contribution is 5.78. The van der Waals surface area contributed by atoms with E-state index in [2.05, 4.69) is 22.0 Å². The van der Waals surface area contributed by atoms with Crippen LogP contribution in [0, 0.1) is 5.92 Å². The van der Waals surface area contributed by atoms with Gasteiger partial charge in [-0.15, -0.1) is 0 Å². The summed E-state index contributed by atoms with van der Waals surface area (Å²) in [5.74, 6) is 2.85. The SMILES string of the molecule is COc1ccc(CN2CCN(CC(=O)N[C@@H](C)C3CC3)CC2)c(OC)c1OC. The predicted molar refractivity (Wildman–Crippen MR) is 108 cm³/mol. The molecule has 1 atom stereocenters. The Balaban J connectivity index is 1.51. The van der Waals surface area contributed by atoms with E-state index in [1.165, 1.54) is 12.8 Å². The quantitative estimate of drug-likeness (QED) is 0.692. The van der Waals surface area contributed by atoms with E-state index in [-0.39, 0.29) is 5.91 Å². The highest BCUT2D eigenvalue weighted by Gasteiger charge is 2.29. The van der Waals surface area contributed by atoms with E-state index in [9.17, 15) is 4.79 Å². The first kappa shape index (κ1) is 20.7. The lowest BCUT2D eigenvalue weighted by atomic mass is 10.1. The molecule has 1 aliphatic carbocycles. The molecule has 0 bridgehead atoms. The molecule has 7 nitrogen and oxygen atoms in total. The van der Waals surface area contributed by atoms with Crippen LogP contribution in [0.25, 0.3) is 0 Å². The molecule has 1 N–H and O–H groups in total. The number of carbonyl (C=O) groups excluding carboxylic acids is 1. The zero-order valence-corrected chi connectivity index (χ0v) is 17.5. The van der Waals surface area contributed by atoms with E-state index < -0.39 is 0 Å². The van der Waals surface area contributed by atoms with Gasteiger partial charge in [0, 0.05) is 44.3 Å². The summed E-state index contributed by atoms with van der Waals surface area (Å²) in [7, 11) is 4.90. The molecule has 0 radical (unpaired) electrons. The fourth-order valence-electron chi connectivity index (χ4n) is 3.85. The molecule has 156 valence electrons. The molecule has 1 saturated heterocycles. The van der Waals surface area contributed by atoms with Gasteiger partial charge in [-0.3, -0.25) is 14.6 Å². The lowest BCUT2D eigenvalue weighted by molar-refractivity contribution is -0.123. The number of ether oxygens (including phenoxy) is 3. The lowest BCUT2D eigenvalue weighted by Crippen LogP contribution is -2.50. The Morgan fingerprint density at radius 1 is 1.04 bits per heavy atom. The number of nitrogens with one attached hydrogen (secondary N) is 1. The molecular formula is C21H33N3O4. The molecule has 1 aliphatic heterocycles. The summed E-state index contributed by atoms with van der Waals surface area (Å²) in [6.07, 6.45) is 2.50. The van der Waals surface area contributed by atoms with Crippen LogP contribution in [0.15, 0.2) is 12.1 Å². The summed E-state index contributed by atoms with van der Waals surface area (Å²) in [6.45, 7) is 7.00. The second-order valence-corrected chi connectivity index (χ2v) is 7.74. The molecule has 1 aromatic rings. The maximum Gasteiger partial charge on any atom is 0.234 e. The van der Waals surface area contributed by atoms with Crippen molar-refractivity contribution < 1.29 is 19.0 Å². The molecule has 1 saturated carbocycles. The predicted octanol–water partition coefficient (Wildman–Crippen LogP) is 1.74. The monoisotopic (exact) mass is 391 g/mol. The third-order valence-electron chi connectivity index (χ3n) is 5.73. The average molecular weight is 392 g/mol. The summed E-state index contributed by atoms with van der Waals surface area (Å²) >= 11 is 0. The van der Waals surface area contributed by atoms with Gasteiger partial charge in [-0.05, 0) is 31.7 Å². The molecule has 1 heterocycles. The zero-order valence-electron chi connectivity index (χ0n) is 17.5. The molecule has 0 spiro atoms. The Hall–Kier alpha value is -1.99. The van der Waals surface area contributed by atoms with Crippen LogP contribution >= 0.6 is 0 Å².